The lowest BCUT2D eigenvalue weighted by Gasteiger charge is -2.12. The van der Waals surface area contributed by atoms with Crippen LogP contribution >= 0.6 is 39.1 Å². The number of hydrogen-bond donors (Lipinski definition) is 1. The van der Waals surface area contributed by atoms with Crippen molar-refractivity contribution in [2.45, 2.75) is 11.8 Å². The molecule has 1 aromatic carbocycles. The van der Waals surface area contributed by atoms with Gasteiger partial charge in [-0.05, 0) is 46.6 Å². The molecule has 1 N–H and O–H groups in total. The Morgan fingerprint density at radius 1 is 1.30 bits per heavy atom. The van der Waals surface area contributed by atoms with Crippen molar-refractivity contribution in [2.24, 2.45) is 0 Å². The van der Waals surface area contributed by atoms with E-state index in [1.165, 1.54) is 18.3 Å². The third kappa shape index (κ3) is 3.25. The average Bonchev–Trinajstić information content (AvgIpc) is 2.36. The fraction of sp³-hybridized carbons (Fsp3) is 0.0833. The number of aromatic nitrogens is 1. The highest BCUT2D eigenvalue weighted by Gasteiger charge is 2.19. The maximum Gasteiger partial charge on any atom is 0.262 e. The molecular formula is C12H9BrCl2N2O2S. The van der Waals surface area contributed by atoms with Crippen molar-refractivity contribution >= 4 is 54.8 Å². The molecule has 1 aromatic heterocycles. The fourth-order valence-corrected chi connectivity index (χ4v) is 3.67. The summed E-state index contributed by atoms with van der Waals surface area (Å²) in [6, 6.07) is 6.21. The Bertz CT molecular complexity index is 766. The predicted octanol–water partition coefficient (Wildman–Crippen LogP) is 4.26. The molecule has 2 aromatic rings. The molecule has 0 radical (unpaired) electrons. The van der Waals surface area contributed by atoms with Crippen molar-refractivity contribution < 1.29 is 8.42 Å². The number of benzene rings is 1. The molecule has 0 fully saturated rings. The van der Waals surface area contributed by atoms with Crippen LogP contribution in [0.3, 0.4) is 0 Å². The van der Waals surface area contributed by atoms with Crippen LogP contribution in [0.5, 0.6) is 0 Å². The van der Waals surface area contributed by atoms with Crippen molar-refractivity contribution in [1.82, 2.24) is 4.98 Å². The minimum atomic E-state index is -3.79. The molecule has 106 valence electrons. The molecule has 0 saturated heterocycles. The molecule has 0 aliphatic heterocycles. The van der Waals surface area contributed by atoms with Crippen LogP contribution in [0, 0.1) is 6.92 Å². The maximum atomic E-state index is 12.4. The quantitative estimate of drug-likeness (QED) is 0.789. The van der Waals surface area contributed by atoms with Crippen LogP contribution in [-0.2, 0) is 10.0 Å². The van der Waals surface area contributed by atoms with Crippen LogP contribution in [0.2, 0.25) is 10.2 Å². The molecule has 0 atom stereocenters. The van der Waals surface area contributed by atoms with Crippen LogP contribution in [0.15, 0.2) is 39.8 Å². The van der Waals surface area contributed by atoms with Crippen LogP contribution in [0.25, 0.3) is 0 Å². The molecule has 1 heterocycles. The Labute approximate surface area is 135 Å². The standard InChI is InChI=1S/C12H9BrCl2N2O2S/c1-7-9(14)3-2-4-11(7)20(18,19)17-10-5-8(13)6-16-12(10)15/h2-6,17H,1H3. The fourth-order valence-electron chi connectivity index (χ4n) is 1.57. The zero-order chi connectivity index (χ0) is 14.9. The summed E-state index contributed by atoms with van der Waals surface area (Å²) in [6.07, 6.45) is 1.48. The van der Waals surface area contributed by atoms with E-state index in [1.807, 2.05) is 0 Å². The Morgan fingerprint density at radius 2 is 2.00 bits per heavy atom. The SMILES string of the molecule is Cc1c(Cl)cccc1S(=O)(=O)Nc1cc(Br)cnc1Cl. The van der Waals surface area contributed by atoms with Crippen LogP contribution < -0.4 is 4.72 Å². The Hall–Kier alpha value is -0.820. The summed E-state index contributed by atoms with van der Waals surface area (Å²) in [5.74, 6) is 0. The molecule has 0 spiro atoms. The van der Waals surface area contributed by atoms with E-state index in [0.717, 1.165) is 0 Å². The largest absolute Gasteiger partial charge is 0.276 e. The number of sulfonamides is 1. The third-order valence-corrected chi connectivity index (χ3v) is 5.21. The van der Waals surface area contributed by atoms with E-state index in [2.05, 4.69) is 25.6 Å². The van der Waals surface area contributed by atoms with Gasteiger partial charge in [0.05, 0.1) is 10.6 Å². The van der Waals surface area contributed by atoms with E-state index in [9.17, 15) is 8.42 Å². The summed E-state index contributed by atoms with van der Waals surface area (Å²) in [5, 5.41) is 0.447. The Balaban J connectivity index is 2.46. The molecule has 4 nitrogen and oxygen atoms in total. The highest BCUT2D eigenvalue weighted by Crippen LogP contribution is 2.28. The van der Waals surface area contributed by atoms with Gasteiger partial charge in [-0.25, -0.2) is 13.4 Å². The average molecular weight is 396 g/mol. The van der Waals surface area contributed by atoms with Crippen molar-refractivity contribution in [3.63, 3.8) is 0 Å². The van der Waals surface area contributed by atoms with Gasteiger partial charge < -0.3 is 0 Å². The van der Waals surface area contributed by atoms with Gasteiger partial charge in [0.2, 0.25) is 0 Å². The lowest BCUT2D eigenvalue weighted by molar-refractivity contribution is 0.600. The minimum Gasteiger partial charge on any atom is -0.276 e. The molecule has 0 amide bonds. The number of halogens is 3. The molecule has 0 bridgehead atoms. The number of anilines is 1. The second kappa shape index (κ2) is 5.89. The predicted molar refractivity (Wildman–Crippen MR) is 83.9 cm³/mol. The van der Waals surface area contributed by atoms with Gasteiger partial charge in [-0.2, -0.15) is 0 Å². The van der Waals surface area contributed by atoms with Gasteiger partial charge in [-0.15, -0.1) is 0 Å². The summed E-state index contributed by atoms with van der Waals surface area (Å²) in [4.78, 5) is 3.96. The van der Waals surface area contributed by atoms with E-state index in [4.69, 9.17) is 23.2 Å². The van der Waals surface area contributed by atoms with Gasteiger partial charge in [0.1, 0.15) is 0 Å². The van der Waals surface area contributed by atoms with Crippen LogP contribution in [0.1, 0.15) is 5.56 Å². The summed E-state index contributed by atoms with van der Waals surface area (Å²) in [7, 11) is -3.79. The topological polar surface area (TPSA) is 59.1 Å². The number of rotatable bonds is 3. The Kier molecular flexibility index (Phi) is 4.59. The monoisotopic (exact) mass is 394 g/mol. The minimum absolute atomic E-state index is 0.0662. The number of hydrogen-bond acceptors (Lipinski definition) is 3. The number of nitrogens with zero attached hydrogens (tertiary/aromatic N) is 1. The van der Waals surface area contributed by atoms with Gasteiger partial charge in [-0.1, -0.05) is 29.3 Å². The van der Waals surface area contributed by atoms with Crippen LogP contribution in [-0.4, -0.2) is 13.4 Å². The number of pyridine rings is 1. The second-order valence-corrected chi connectivity index (χ2v) is 7.29. The first-order valence-corrected chi connectivity index (χ1v) is 8.43. The lowest BCUT2D eigenvalue weighted by atomic mass is 10.2. The third-order valence-electron chi connectivity index (χ3n) is 2.56. The first-order valence-electron chi connectivity index (χ1n) is 5.40. The second-order valence-electron chi connectivity index (χ2n) is 3.96. The maximum absolute atomic E-state index is 12.4. The van der Waals surface area contributed by atoms with Crippen molar-refractivity contribution in [3.05, 3.63) is 50.7 Å². The number of nitrogens with one attached hydrogen (secondary N) is 1. The molecule has 20 heavy (non-hydrogen) atoms. The zero-order valence-corrected chi connectivity index (χ0v) is 14.1. The zero-order valence-electron chi connectivity index (χ0n) is 10.2. The smallest absolute Gasteiger partial charge is 0.262 e. The van der Waals surface area contributed by atoms with Gasteiger partial charge >= 0.3 is 0 Å². The molecule has 2 rings (SSSR count). The molecule has 0 aliphatic rings. The van der Waals surface area contributed by atoms with Crippen molar-refractivity contribution in [1.29, 1.82) is 0 Å². The van der Waals surface area contributed by atoms with E-state index in [1.54, 1.807) is 19.1 Å². The van der Waals surface area contributed by atoms with Gasteiger partial charge in [0.15, 0.2) is 5.15 Å². The highest BCUT2D eigenvalue weighted by atomic mass is 79.9. The van der Waals surface area contributed by atoms with Crippen LogP contribution in [0.4, 0.5) is 5.69 Å². The van der Waals surface area contributed by atoms with Crippen molar-refractivity contribution in [3.8, 4) is 0 Å². The van der Waals surface area contributed by atoms with Gasteiger partial charge in [0, 0.05) is 15.7 Å². The first kappa shape index (κ1) is 15.6. The summed E-state index contributed by atoms with van der Waals surface area (Å²) in [5.41, 5.74) is 0.668. The molecule has 0 saturated carbocycles. The first-order chi connectivity index (χ1) is 9.31. The Morgan fingerprint density at radius 3 is 2.70 bits per heavy atom. The normalized spacial score (nSPS) is 11.4. The lowest BCUT2D eigenvalue weighted by Crippen LogP contribution is -2.15. The van der Waals surface area contributed by atoms with E-state index in [0.29, 0.717) is 15.1 Å². The van der Waals surface area contributed by atoms with E-state index in [-0.39, 0.29) is 15.7 Å². The van der Waals surface area contributed by atoms with Crippen molar-refractivity contribution in [2.75, 3.05) is 4.72 Å². The van der Waals surface area contributed by atoms with Gasteiger partial charge in [0.25, 0.3) is 10.0 Å². The highest BCUT2D eigenvalue weighted by molar-refractivity contribution is 9.10. The van der Waals surface area contributed by atoms with E-state index >= 15 is 0 Å². The summed E-state index contributed by atoms with van der Waals surface area (Å²) < 4.78 is 27.7. The molecule has 0 unspecified atom stereocenters. The van der Waals surface area contributed by atoms with E-state index < -0.39 is 10.0 Å². The summed E-state index contributed by atoms with van der Waals surface area (Å²) in [6.45, 7) is 1.64. The van der Waals surface area contributed by atoms with Gasteiger partial charge in [-0.3, -0.25) is 4.72 Å². The molecule has 8 heteroatoms. The molecule has 0 aliphatic carbocycles. The molecular weight excluding hydrogens is 387 g/mol. The summed E-state index contributed by atoms with van der Waals surface area (Å²) >= 11 is 15.0.